The molecule has 0 aromatic heterocycles. The van der Waals surface area contributed by atoms with Crippen LogP contribution in [0.4, 0.5) is 0 Å². The Bertz CT molecular complexity index is 213. The van der Waals surface area contributed by atoms with Gasteiger partial charge in [-0.3, -0.25) is 4.79 Å². The molecule has 0 radical (unpaired) electrons. The summed E-state index contributed by atoms with van der Waals surface area (Å²) >= 11 is 1.83. The number of carbonyl (C=O) groups excluding carboxylic acids is 1. The van der Waals surface area contributed by atoms with Crippen LogP contribution in [0.5, 0.6) is 0 Å². The number of hydrogen-bond acceptors (Lipinski definition) is 2. The number of rotatable bonds is 15. The van der Waals surface area contributed by atoms with E-state index in [1.165, 1.54) is 70.0 Å². The van der Waals surface area contributed by atoms with E-state index >= 15 is 0 Å². The van der Waals surface area contributed by atoms with Gasteiger partial charge in [0.25, 0.3) is 0 Å². The highest BCUT2D eigenvalue weighted by Crippen LogP contribution is 2.13. The van der Waals surface area contributed by atoms with E-state index in [0.29, 0.717) is 11.7 Å². The molecule has 120 valence electrons. The predicted molar refractivity (Wildman–Crippen MR) is 93.6 cm³/mol. The van der Waals surface area contributed by atoms with Crippen LogP contribution in [0.25, 0.3) is 0 Å². The van der Waals surface area contributed by atoms with Crippen LogP contribution < -0.4 is 0 Å². The van der Waals surface area contributed by atoms with E-state index in [4.69, 9.17) is 0 Å². The normalized spacial score (nSPS) is 11.2. The fourth-order valence-electron chi connectivity index (χ4n) is 2.39. The Hall–Kier alpha value is 0.0200. The van der Waals surface area contributed by atoms with Gasteiger partial charge in [-0.25, -0.2) is 0 Å². The van der Waals surface area contributed by atoms with Gasteiger partial charge in [0.1, 0.15) is 5.78 Å². The van der Waals surface area contributed by atoms with Crippen LogP contribution in [0, 0.1) is 5.92 Å². The summed E-state index contributed by atoms with van der Waals surface area (Å²) in [6.07, 6.45) is 14.6. The molecular weight excluding hydrogens is 264 g/mol. The first-order chi connectivity index (χ1) is 9.66. The molecule has 0 spiro atoms. The van der Waals surface area contributed by atoms with Gasteiger partial charge in [0, 0.05) is 6.42 Å². The van der Waals surface area contributed by atoms with Gasteiger partial charge in [-0.15, -0.1) is 0 Å². The fraction of sp³-hybridized carbons (Fsp3) is 0.944. The zero-order chi connectivity index (χ0) is 15.1. The summed E-state index contributed by atoms with van der Waals surface area (Å²) in [5.41, 5.74) is 0. The minimum Gasteiger partial charge on any atom is -0.299 e. The molecule has 0 aliphatic rings. The number of thioether (sulfide) groups is 1. The van der Waals surface area contributed by atoms with Crippen LogP contribution in [-0.4, -0.2) is 17.3 Å². The predicted octanol–water partition coefficient (Wildman–Crippen LogP) is 6.26. The van der Waals surface area contributed by atoms with Crippen LogP contribution in [0.2, 0.25) is 0 Å². The van der Waals surface area contributed by atoms with Crippen molar-refractivity contribution in [1.29, 1.82) is 0 Å². The van der Waals surface area contributed by atoms with Gasteiger partial charge in [-0.05, 0) is 18.1 Å². The third kappa shape index (κ3) is 16.1. The van der Waals surface area contributed by atoms with Crippen molar-refractivity contribution in [1.82, 2.24) is 0 Å². The Balaban J connectivity index is 3.08. The molecule has 0 saturated carbocycles. The van der Waals surface area contributed by atoms with Crippen molar-refractivity contribution >= 4 is 17.5 Å². The van der Waals surface area contributed by atoms with Crippen molar-refractivity contribution in [3.05, 3.63) is 0 Å². The maximum atomic E-state index is 11.5. The number of unbranched alkanes of at least 4 members (excludes halogenated alkanes) is 9. The van der Waals surface area contributed by atoms with E-state index in [9.17, 15) is 4.79 Å². The van der Waals surface area contributed by atoms with Gasteiger partial charge in [0.05, 0.1) is 5.75 Å². The molecule has 0 rings (SSSR count). The molecule has 0 aromatic rings. The van der Waals surface area contributed by atoms with Crippen molar-refractivity contribution in [3.8, 4) is 0 Å². The number of Topliss-reactive ketones (excluding diaryl/α,β-unsaturated/α-hetero) is 1. The summed E-state index contributed by atoms with van der Waals surface area (Å²) in [6.45, 7) is 6.50. The molecule has 1 nitrogen and oxygen atoms in total. The number of ketones is 1. The minimum atomic E-state index is 0.428. The molecule has 0 saturated heterocycles. The third-order valence-electron chi connectivity index (χ3n) is 3.54. The van der Waals surface area contributed by atoms with Gasteiger partial charge in [-0.2, -0.15) is 11.8 Å². The summed E-state index contributed by atoms with van der Waals surface area (Å²) in [7, 11) is 0. The lowest BCUT2D eigenvalue weighted by atomic mass is 10.1. The molecule has 0 aromatic carbocycles. The molecule has 0 bridgehead atoms. The first kappa shape index (κ1) is 20.0. The van der Waals surface area contributed by atoms with E-state index in [1.54, 1.807) is 0 Å². The Morgan fingerprint density at radius 3 is 1.85 bits per heavy atom. The second-order valence-corrected chi connectivity index (χ2v) is 7.48. The molecule has 0 N–H and O–H groups in total. The minimum absolute atomic E-state index is 0.428. The Labute approximate surface area is 131 Å². The second-order valence-electron chi connectivity index (χ2n) is 6.37. The maximum Gasteiger partial charge on any atom is 0.142 e. The highest BCUT2D eigenvalue weighted by Gasteiger charge is 2.04. The van der Waals surface area contributed by atoms with Gasteiger partial charge >= 0.3 is 0 Å². The topological polar surface area (TPSA) is 17.1 Å². The molecule has 0 unspecified atom stereocenters. The van der Waals surface area contributed by atoms with Crippen molar-refractivity contribution in [2.75, 3.05) is 11.5 Å². The molecule has 0 aliphatic heterocycles. The van der Waals surface area contributed by atoms with Crippen molar-refractivity contribution < 1.29 is 4.79 Å². The zero-order valence-corrected chi connectivity index (χ0v) is 14.9. The molecule has 0 atom stereocenters. The lowest BCUT2D eigenvalue weighted by Crippen LogP contribution is -2.05. The molecular formula is C18H36OS. The standard InChI is InChI=1S/C18H36OS/c1-4-5-6-7-8-9-10-11-12-13-14-20-16-18(19)15-17(2)3/h17H,4-16H2,1-3H3. The van der Waals surface area contributed by atoms with Crippen molar-refractivity contribution in [2.24, 2.45) is 5.92 Å². The summed E-state index contributed by atoms with van der Waals surface area (Å²) in [4.78, 5) is 11.5. The lowest BCUT2D eigenvalue weighted by molar-refractivity contribution is -0.117. The van der Waals surface area contributed by atoms with Gasteiger partial charge in [0.15, 0.2) is 0 Å². The fourth-order valence-corrected chi connectivity index (χ4v) is 3.29. The Kier molecular flexibility index (Phi) is 15.4. The summed E-state index contributed by atoms with van der Waals surface area (Å²) in [5, 5.41) is 0. The van der Waals surface area contributed by atoms with E-state index in [-0.39, 0.29) is 0 Å². The highest BCUT2D eigenvalue weighted by molar-refractivity contribution is 7.99. The summed E-state index contributed by atoms with van der Waals surface area (Å²) in [6, 6.07) is 0. The number of carbonyl (C=O) groups is 1. The van der Waals surface area contributed by atoms with Crippen LogP contribution >= 0.6 is 11.8 Å². The van der Waals surface area contributed by atoms with E-state index < -0.39 is 0 Å². The smallest absolute Gasteiger partial charge is 0.142 e. The van der Waals surface area contributed by atoms with Gasteiger partial charge in [0.2, 0.25) is 0 Å². The molecule has 0 aliphatic carbocycles. The summed E-state index contributed by atoms with van der Waals surface area (Å²) in [5.74, 6) is 2.84. The Morgan fingerprint density at radius 1 is 0.850 bits per heavy atom. The summed E-state index contributed by atoms with van der Waals surface area (Å²) < 4.78 is 0. The van der Waals surface area contributed by atoms with Crippen LogP contribution in [0.1, 0.15) is 91.4 Å². The lowest BCUT2D eigenvalue weighted by Gasteiger charge is -2.04. The van der Waals surface area contributed by atoms with Crippen LogP contribution in [0.3, 0.4) is 0 Å². The zero-order valence-electron chi connectivity index (χ0n) is 14.1. The SMILES string of the molecule is CCCCCCCCCCCCSCC(=O)CC(C)C. The van der Waals surface area contributed by atoms with Crippen molar-refractivity contribution in [3.63, 3.8) is 0 Å². The second kappa shape index (κ2) is 15.4. The van der Waals surface area contributed by atoms with E-state index in [1.807, 2.05) is 11.8 Å². The van der Waals surface area contributed by atoms with Crippen LogP contribution in [0.15, 0.2) is 0 Å². The highest BCUT2D eigenvalue weighted by atomic mass is 32.2. The average molecular weight is 301 g/mol. The van der Waals surface area contributed by atoms with Gasteiger partial charge in [-0.1, -0.05) is 78.6 Å². The van der Waals surface area contributed by atoms with Crippen LogP contribution in [-0.2, 0) is 4.79 Å². The average Bonchev–Trinajstić information content (AvgIpc) is 2.39. The molecule has 0 fully saturated rings. The first-order valence-corrected chi connectivity index (χ1v) is 9.91. The molecule has 0 heterocycles. The van der Waals surface area contributed by atoms with E-state index in [2.05, 4.69) is 20.8 Å². The third-order valence-corrected chi connectivity index (χ3v) is 4.64. The van der Waals surface area contributed by atoms with Crippen molar-refractivity contribution in [2.45, 2.75) is 91.4 Å². The number of hydrogen-bond donors (Lipinski definition) is 0. The molecule has 20 heavy (non-hydrogen) atoms. The quantitative estimate of drug-likeness (QED) is 0.332. The molecule has 0 amide bonds. The maximum absolute atomic E-state index is 11.5. The van der Waals surface area contributed by atoms with E-state index in [0.717, 1.165) is 12.2 Å². The molecule has 2 heteroatoms. The van der Waals surface area contributed by atoms with Gasteiger partial charge < -0.3 is 0 Å². The monoisotopic (exact) mass is 300 g/mol. The Morgan fingerprint density at radius 2 is 1.35 bits per heavy atom. The largest absolute Gasteiger partial charge is 0.299 e. The first-order valence-electron chi connectivity index (χ1n) is 8.76.